The minimum Gasteiger partial charge on any atom is -0.311 e. The molecule has 1 aliphatic carbocycles. The second-order valence-electron chi connectivity index (χ2n) is 6.03. The molecule has 112 valence electrons. The Labute approximate surface area is 121 Å². The highest BCUT2D eigenvalue weighted by atomic mass is 19.1. The number of likely N-dealkylation sites (N-methyl/N-ethyl adjacent to an activating group) is 2. The van der Waals surface area contributed by atoms with Crippen molar-refractivity contribution in [1.29, 1.82) is 0 Å². The zero-order chi connectivity index (χ0) is 14.6. The van der Waals surface area contributed by atoms with Crippen LogP contribution in [0.1, 0.15) is 50.1 Å². The Morgan fingerprint density at radius 3 is 2.40 bits per heavy atom. The van der Waals surface area contributed by atoms with E-state index in [0.29, 0.717) is 0 Å². The second kappa shape index (κ2) is 6.64. The largest absolute Gasteiger partial charge is 0.311 e. The van der Waals surface area contributed by atoms with E-state index >= 15 is 0 Å². The number of pyridine rings is 1. The highest BCUT2D eigenvalue weighted by Gasteiger charge is 2.41. The smallest absolute Gasteiger partial charge is 0.146 e. The van der Waals surface area contributed by atoms with Gasteiger partial charge in [-0.1, -0.05) is 25.7 Å². The van der Waals surface area contributed by atoms with Gasteiger partial charge in [0, 0.05) is 17.3 Å². The molecular weight excluding hydrogens is 253 g/mol. The summed E-state index contributed by atoms with van der Waals surface area (Å²) in [5.74, 6) is -0.211. The first-order chi connectivity index (χ1) is 9.62. The van der Waals surface area contributed by atoms with Crippen LogP contribution in [-0.4, -0.2) is 36.6 Å². The van der Waals surface area contributed by atoms with E-state index in [1.807, 2.05) is 13.1 Å². The van der Waals surface area contributed by atoms with E-state index in [1.54, 1.807) is 6.20 Å². The molecule has 1 atom stereocenters. The molecule has 0 amide bonds. The van der Waals surface area contributed by atoms with E-state index in [4.69, 9.17) is 0 Å². The van der Waals surface area contributed by atoms with Gasteiger partial charge in [-0.25, -0.2) is 4.39 Å². The molecule has 1 aromatic heterocycles. The molecule has 1 aliphatic rings. The van der Waals surface area contributed by atoms with Gasteiger partial charge in [0.1, 0.15) is 5.82 Å². The van der Waals surface area contributed by atoms with Crippen molar-refractivity contribution in [3.05, 3.63) is 29.8 Å². The van der Waals surface area contributed by atoms with Gasteiger partial charge in [-0.05, 0) is 40.1 Å². The monoisotopic (exact) mass is 279 g/mol. The quantitative estimate of drug-likeness (QED) is 0.858. The maximum Gasteiger partial charge on any atom is 0.146 e. The lowest BCUT2D eigenvalue weighted by Crippen LogP contribution is -2.53. The summed E-state index contributed by atoms with van der Waals surface area (Å²) < 4.78 is 14.2. The van der Waals surface area contributed by atoms with Crippen molar-refractivity contribution in [2.24, 2.45) is 0 Å². The fraction of sp³-hybridized carbons (Fsp3) is 0.688. The van der Waals surface area contributed by atoms with Gasteiger partial charge in [0.25, 0.3) is 0 Å². The topological polar surface area (TPSA) is 28.2 Å². The molecule has 4 heteroatoms. The van der Waals surface area contributed by atoms with Crippen molar-refractivity contribution in [3.8, 4) is 0 Å². The van der Waals surface area contributed by atoms with E-state index in [-0.39, 0.29) is 17.4 Å². The normalized spacial score (nSPS) is 20.6. The van der Waals surface area contributed by atoms with Crippen LogP contribution in [0, 0.1) is 5.82 Å². The zero-order valence-corrected chi connectivity index (χ0v) is 12.8. The standard InChI is InChI=1S/C16H26FN3/c1-18-15(13-8-11-19-12-14(13)17)16(20(2)3)9-6-4-5-7-10-16/h8,11-12,15,18H,4-7,9-10H2,1-3H3. The molecule has 0 bridgehead atoms. The number of halogens is 1. The summed E-state index contributed by atoms with van der Waals surface area (Å²) >= 11 is 0. The Hall–Kier alpha value is -1.00. The van der Waals surface area contributed by atoms with E-state index in [1.165, 1.54) is 31.9 Å². The van der Waals surface area contributed by atoms with Crippen LogP contribution in [0.5, 0.6) is 0 Å². The van der Waals surface area contributed by atoms with E-state index in [9.17, 15) is 4.39 Å². The Bertz CT molecular complexity index is 425. The van der Waals surface area contributed by atoms with Crippen molar-refractivity contribution in [1.82, 2.24) is 15.2 Å². The molecule has 0 spiro atoms. The molecule has 1 heterocycles. The molecule has 0 aliphatic heterocycles. The first-order valence-electron chi connectivity index (χ1n) is 7.56. The molecule has 0 radical (unpaired) electrons. The van der Waals surface area contributed by atoms with Crippen molar-refractivity contribution in [2.45, 2.75) is 50.1 Å². The lowest BCUT2D eigenvalue weighted by atomic mass is 9.78. The van der Waals surface area contributed by atoms with Crippen LogP contribution in [0.15, 0.2) is 18.5 Å². The van der Waals surface area contributed by atoms with Crippen LogP contribution in [0.3, 0.4) is 0 Å². The molecular formula is C16H26FN3. The lowest BCUT2D eigenvalue weighted by molar-refractivity contribution is 0.0818. The van der Waals surface area contributed by atoms with Gasteiger partial charge in [-0.15, -0.1) is 0 Å². The fourth-order valence-electron chi connectivity index (χ4n) is 3.67. The van der Waals surface area contributed by atoms with E-state index in [0.717, 1.165) is 18.4 Å². The maximum absolute atomic E-state index is 14.2. The summed E-state index contributed by atoms with van der Waals surface area (Å²) in [6.45, 7) is 0. The van der Waals surface area contributed by atoms with Gasteiger partial charge >= 0.3 is 0 Å². The second-order valence-corrected chi connectivity index (χ2v) is 6.03. The number of aromatic nitrogens is 1. The first kappa shape index (κ1) is 15.4. The molecule has 1 fully saturated rings. The number of hydrogen-bond acceptors (Lipinski definition) is 3. The summed E-state index contributed by atoms with van der Waals surface area (Å²) in [5.41, 5.74) is 0.714. The number of nitrogens with zero attached hydrogens (tertiary/aromatic N) is 2. The van der Waals surface area contributed by atoms with E-state index < -0.39 is 0 Å². The Morgan fingerprint density at radius 2 is 1.90 bits per heavy atom. The Morgan fingerprint density at radius 1 is 1.25 bits per heavy atom. The molecule has 0 aromatic carbocycles. The predicted molar refractivity (Wildman–Crippen MR) is 80.1 cm³/mol. The highest BCUT2D eigenvalue weighted by molar-refractivity contribution is 5.23. The van der Waals surface area contributed by atoms with Gasteiger partial charge in [0.05, 0.1) is 12.2 Å². The van der Waals surface area contributed by atoms with Crippen LogP contribution in [0.25, 0.3) is 0 Å². The molecule has 0 saturated heterocycles. The zero-order valence-electron chi connectivity index (χ0n) is 12.8. The van der Waals surface area contributed by atoms with Crippen LogP contribution in [-0.2, 0) is 0 Å². The van der Waals surface area contributed by atoms with Crippen molar-refractivity contribution >= 4 is 0 Å². The van der Waals surface area contributed by atoms with Crippen LogP contribution in [0.4, 0.5) is 4.39 Å². The Balaban J connectivity index is 2.42. The Kier molecular flexibility index (Phi) is 5.11. The van der Waals surface area contributed by atoms with E-state index in [2.05, 4.69) is 29.3 Å². The first-order valence-corrected chi connectivity index (χ1v) is 7.56. The predicted octanol–water partition coefficient (Wildman–Crippen LogP) is 3.14. The SMILES string of the molecule is CNC(c1ccncc1F)C1(N(C)C)CCCCCC1. The van der Waals surface area contributed by atoms with Crippen LogP contribution in [0.2, 0.25) is 0 Å². The number of nitrogens with one attached hydrogen (secondary N) is 1. The molecule has 3 nitrogen and oxygen atoms in total. The molecule has 1 saturated carbocycles. The van der Waals surface area contributed by atoms with Gasteiger partial charge in [0.2, 0.25) is 0 Å². The molecule has 1 aromatic rings. The third kappa shape index (κ3) is 2.86. The minimum atomic E-state index is -0.211. The molecule has 2 rings (SSSR count). The maximum atomic E-state index is 14.2. The summed E-state index contributed by atoms with van der Waals surface area (Å²) in [6.07, 6.45) is 10.2. The number of rotatable bonds is 4. The summed E-state index contributed by atoms with van der Waals surface area (Å²) in [4.78, 5) is 6.17. The average Bonchev–Trinajstić information content (AvgIpc) is 2.69. The van der Waals surface area contributed by atoms with Crippen molar-refractivity contribution in [2.75, 3.05) is 21.1 Å². The van der Waals surface area contributed by atoms with Crippen molar-refractivity contribution in [3.63, 3.8) is 0 Å². The molecule has 20 heavy (non-hydrogen) atoms. The average molecular weight is 279 g/mol. The third-order valence-electron chi connectivity index (χ3n) is 4.80. The summed E-state index contributed by atoms with van der Waals surface area (Å²) in [6, 6.07) is 1.81. The van der Waals surface area contributed by atoms with Gasteiger partial charge in [0.15, 0.2) is 0 Å². The van der Waals surface area contributed by atoms with Crippen LogP contribution < -0.4 is 5.32 Å². The van der Waals surface area contributed by atoms with Crippen molar-refractivity contribution < 1.29 is 4.39 Å². The third-order valence-corrected chi connectivity index (χ3v) is 4.80. The fourth-order valence-corrected chi connectivity index (χ4v) is 3.67. The molecule has 1 unspecified atom stereocenters. The summed E-state index contributed by atoms with van der Waals surface area (Å²) in [5, 5.41) is 3.37. The van der Waals surface area contributed by atoms with Gasteiger partial charge in [-0.2, -0.15) is 0 Å². The van der Waals surface area contributed by atoms with Gasteiger partial charge in [-0.3, -0.25) is 4.98 Å². The van der Waals surface area contributed by atoms with Crippen LogP contribution >= 0.6 is 0 Å². The number of hydrogen-bond donors (Lipinski definition) is 1. The lowest BCUT2D eigenvalue weighted by Gasteiger charge is -2.46. The van der Waals surface area contributed by atoms with Gasteiger partial charge < -0.3 is 10.2 Å². The molecule has 1 N–H and O–H groups in total. The minimum absolute atomic E-state index is 0.00130. The summed E-state index contributed by atoms with van der Waals surface area (Å²) in [7, 11) is 6.17. The highest BCUT2D eigenvalue weighted by Crippen LogP contribution is 2.41.